The van der Waals surface area contributed by atoms with Crippen LogP contribution in [-0.4, -0.2) is 55.4 Å². The van der Waals surface area contributed by atoms with Crippen LogP contribution in [0.3, 0.4) is 0 Å². The second-order valence-electron chi connectivity index (χ2n) is 9.08. The summed E-state index contributed by atoms with van der Waals surface area (Å²) < 4.78 is 20.2. The van der Waals surface area contributed by atoms with E-state index < -0.39 is 11.9 Å². The summed E-state index contributed by atoms with van der Waals surface area (Å²) in [6.45, 7) is 5.53. The van der Waals surface area contributed by atoms with Crippen molar-refractivity contribution in [3.05, 3.63) is 66.0 Å². The van der Waals surface area contributed by atoms with Gasteiger partial charge in [-0.15, -0.1) is 0 Å². The zero-order valence-electron chi connectivity index (χ0n) is 20.1. The van der Waals surface area contributed by atoms with Crippen molar-refractivity contribution in [3.8, 4) is 11.3 Å². The Bertz CT molecular complexity index is 1350. The molecule has 9 nitrogen and oxygen atoms in total. The summed E-state index contributed by atoms with van der Waals surface area (Å²) >= 11 is 0. The van der Waals surface area contributed by atoms with Gasteiger partial charge in [0.2, 0.25) is 11.9 Å². The molecule has 1 aliphatic heterocycles. The van der Waals surface area contributed by atoms with E-state index >= 15 is 0 Å². The van der Waals surface area contributed by atoms with Gasteiger partial charge in [-0.05, 0) is 41.7 Å². The Morgan fingerprint density at radius 2 is 1.94 bits per heavy atom. The molecular weight excluding hydrogens is 461 g/mol. The summed E-state index contributed by atoms with van der Waals surface area (Å²) in [5.74, 6) is 0.478. The van der Waals surface area contributed by atoms with Crippen LogP contribution in [-0.2, 0) is 11.3 Å². The van der Waals surface area contributed by atoms with Crippen LogP contribution in [0.4, 0.5) is 16.3 Å². The van der Waals surface area contributed by atoms with Crippen molar-refractivity contribution in [1.82, 2.24) is 24.9 Å². The smallest absolute Gasteiger partial charge is 0.223 e. The van der Waals surface area contributed by atoms with Gasteiger partial charge >= 0.3 is 0 Å². The number of nitrogens with one attached hydrogen (secondary N) is 2. The van der Waals surface area contributed by atoms with E-state index in [0.717, 1.165) is 28.2 Å². The van der Waals surface area contributed by atoms with Crippen molar-refractivity contribution in [2.24, 2.45) is 0 Å². The lowest BCUT2D eigenvalue weighted by Gasteiger charge is -2.28. The fraction of sp³-hybridized carbons (Fsp3) is 0.346. The van der Waals surface area contributed by atoms with Gasteiger partial charge in [0.15, 0.2) is 5.82 Å². The van der Waals surface area contributed by atoms with Crippen LogP contribution < -0.4 is 10.6 Å². The highest BCUT2D eigenvalue weighted by atomic mass is 19.1. The normalized spacial score (nSPS) is 17.9. The first-order valence-corrected chi connectivity index (χ1v) is 12.0. The first kappa shape index (κ1) is 24.0. The standard InChI is InChI=1S/C26H28FN7O2/c1-15(2)23-17(12-31-25-28-7-3-8-29-25)11-30-20-5-4-16(10-18(20)23)24-19(27)13-32-26(34-24)33-21-6-9-36-14-22(21)35/h3-5,7-8,10-11,13,15,21-22,35H,6,9,12,14H2,1-2H3,(H,28,29,31)(H,32,33,34)/t21-,22-/m1/s1. The molecule has 36 heavy (non-hydrogen) atoms. The van der Waals surface area contributed by atoms with Gasteiger partial charge in [-0.1, -0.05) is 19.9 Å². The molecule has 0 spiro atoms. The molecule has 2 atom stereocenters. The molecule has 4 heterocycles. The van der Waals surface area contributed by atoms with Crippen molar-refractivity contribution >= 4 is 22.8 Å². The van der Waals surface area contributed by atoms with Crippen LogP contribution in [0.2, 0.25) is 0 Å². The quantitative estimate of drug-likeness (QED) is 0.355. The maximum absolute atomic E-state index is 14.9. The number of hydrogen-bond acceptors (Lipinski definition) is 9. The van der Waals surface area contributed by atoms with Gasteiger partial charge < -0.3 is 20.5 Å². The lowest BCUT2D eigenvalue weighted by molar-refractivity contribution is -0.0136. The third-order valence-electron chi connectivity index (χ3n) is 6.23. The molecule has 0 radical (unpaired) electrons. The second-order valence-corrected chi connectivity index (χ2v) is 9.08. The van der Waals surface area contributed by atoms with E-state index in [4.69, 9.17) is 4.74 Å². The number of hydrogen-bond donors (Lipinski definition) is 3. The van der Waals surface area contributed by atoms with Gasteiger partial charge in [-0.3, -0.25) is 4.98 Å². The Labute approximate surface area is 208 Å². The SMILES string of the molecule is CC(C)c1c(CNc2ncccn2)cnc2ccc(-c3nc(N[C@@H]4CCOC[C@H]4O)ncc3F)cc12. The number of pyridine rings is 1. The topological polar surface area (TPSA) is 118 Å². The minimum Gasteiger partial charge on any atom is -0.389 e. The Morgan fingerprint density at radius 3 is 2.72 bits per heavy atom. The maximum Gasteiger partial charge on any atom is 0.223 e. The second kappa shape index (κ2) is 10.5. The first-order valence-electron chi connectivity index (χ1n) is 12.0. The molecule has 186 valence electrons. The van der Waals surface area contributed by atoms with Crippen molar-refractivity contribution in [2.45, 2.75) is 44.9 Å². The molecule has 1 aliphatic rings. The van der Waals surface area contributed by atoms with Crippen molar-refractivity contribution in [2.75, 3.05) is 23.8 Å². The monoisotopic (exact) mass is 489 g/mol. The van der Waals surface area contributed by atoms with E-state index in [1.165, 1.54) is 0 Å². The summed E-state index contributed by atoms with van der Waals surface area (Å²) in [6, 6.07) is 7.13. The number of nitrogens with zero attached hydrogens (tertiary/aromatic N) is 5. The number of halogens is 1. The predicted octanol–water partition coefficient (Wildman–Crippen LogP) is 3.92. The van der Waals surface area contributed by atoms with Gasteiger partial charge in [-0.2, -0.15) is 0 Å². The molecule has 0 bridgehead atoms. The van der Waals surface area contributed by atoms with Crippen LogP contribution in [0.25, 0.3) is 22.2 Å². The highest BCUT2D eigenvalue weighted by Gasteiger charge is 2.25. The van der Waals surface area contributed by atoms with Gasteiger partial charge in [0.05, 0.1) is 30.5 Å². The molecule has 1 aromatic carbocycles. The molecule has 0 saturated carbocycles. The van der Waals surface area contributed by atoms with E-state index in [2.05, 4.69) is 49.4 Å². The summed E-state index contributed by atoms with van der Waals surface area (Å²) in [6.07, 6.45) is 6.32. The lowest BCUT2D eigenvalue weighted by atomic mass is 9.92. The number of anilines is 2. The summed E-state index contributed by atoms with van der Waals surface area (Å²) in [5.41, 5.74) is 3.76. The Balaban J connectivity index is 1.49. The number of aromatic nitrogens is 5. The Kier molecular flexibility index (Phi) is 6.97. The molecule has 1 fully saturated rings. The Hall–Kier alpha value is -3.76. The van der Waals surface area contributed by atoms with Crippen LogP contribution in [0.1, 0.15) is 37.3 Å². The molecule has 5 rings (SSSR count). The van der Waals surface area contributed by atoms with Crippen molar-refractivity contribution in [1.29, 1.82) is 0 Å². The molecular formula is C26H28FN7O2. The van der Waals surface area contributed by atoms with Crippen LogP contribution in [0.15, 0.2) is 49.1 Å². The molecule has 4 aromatic rings. The molecule has 1 saturated heterocycles. The lowest BCUT2D eigenvalue weighted by Crippen LogP contribution is -2.42. The molecule has 3 N–H and O–H groups in total. The average Bonchev–Trinajstić information content (AvgIpc) is 2.89. The zero-order chi connectivity index (χ0) is 25.1. The predicted molar refractivity (Wildman–Crippen MR) is 135 cm³/mol. The van der Waals surface area contributed by atoms with Crippen molar-refractivity contribution < 1.29 is 14.2 Å². The number of aliphatic hydroxyl groups excluding tert-OH is 1. The number of rotatable bonds is 7. The Morgan fingerprint density at radius 1 is 1.11 bits per heavy atom. The van der Waals surface area contributed by atoms with Crippen LogP contribution in [0, 0.1) is 5.82 Å². The number of aliphatic hydroxyl groups is 1. The van der Waals surface area contributed by atoms with E-state index in [1.54, 1.807) is 18.5 Å². The minimum atomic E-state index is -0.676. The summed E-state index contributed by atoms with van der Waals surface area (Å²) in [5, 5.41) is 17.5. The average molecular weight is 490 g/mol. The number of fused-ring (bicyclic) bond motifs is 1. The van der Waals surface area contributed by atoms with Gasteiger partial charge in [-0.25, -0.2) is 24.3 Å². The van der Waals surface area contributed by atoms with Gasteiger partial charge in [0.25, 0.3) is 0 Å². The third kappa shape index (κ3) is 5.09. The summed E-state index contributed by atoms with van der Waals surface area (Å²) in [7, 11) is 0. The number of ether oxygens (including phenoxy) is 1. The van der Waals surface area contributed by atoms with E-state index in [9.17, 15) is 9.50 Å². The highest BCUT2D eigenvalue weighted by Crippen LogP contribution is 2.32. The molecule has 3 aromatic heterocycles. The number of benzene rings is 1. The zero-order valence-corrected chi connectivity index (χ0v) is 20.1. The molecule has 0 aliphatic carbocycles. The maximum atomic E-state index is 14.9. The fourth-order valence-corrected chi connectivity index (χ4v) is 4.49. The van der Waals surface area contributed by atoms with Crippen LogP contribution in [0.5, 0.6) is 0 Å². The molecule has 10 heteroatoms. The first-order chi connectivity index (χ1) is 17.5. The largest absolute Gasteiger partial charge is 0.389 e. The fourth-order valence-electron chi connectivity index (χ4n) is 4.49. The highest BCUT2D eigenvalue weighted by molar-refractivity contribution is 5.88. The van der Waals surface area contributed by atoms with E-state index in [-0.39, 0.29) is 30.2 Å². The molecule has 0 amide bonds. The minimum absolute atomic E-state index is 0.187. The summed E-state index contributed by atoms with van der Waals surface area (Å²) in [4.78, 5) is 21.6. The van der Waals surface area contributed by atoms with E-state index in [1.807, 2.05) is 24.4 Å². The van der Waals surface area contributed by atoms with Gasteiger partial charge in [0, 0.05) is 42.7 Å². The molecule has 0 unspecified atom stereocenters. The third-order valence-corrected chi connectivity index (χ3v) is 6.23. The van der Waals surface area contributed by atoms with Crippen LogP contribution >= 0.6 is 0 Å². The van der Waals surface area contributed by atoms with E-state index in [0.29, 0.717) is 31.1 Å². The van der Waals surface area contributed by atoms with Crippen molar-refractivity contribution in [3.63, 3.8) is 0 Å². The van der Waals surface area contributed by atoms with Gasteiger partial charge in [0.1, 0.15) is 5.69 Å².